The lowest BCUT2D eigenvalue weighted by Gasteiger charge is -2.19. The lowest BCUT2D eigenvalue weighted by atomic mass is 10.1. The average molecular weight is 452 g/mol. The second-order valence-corrected chi connectivity index (χ2v) is 8.31. The van der Waals surface area contributed by atoms with Crippen molar-refractivity contribution in [3.05, 3.63) is 62.8 Å². The Labute approximate surface area is 191 Å². The largest absolute Gasteiger partial charge is 0.493 e. The molecule has 0 bridgehead atoms. The number of rotatable bonds is 7. The summed E-state index contributed by atoms with van der Waals surface area (Å²) in [4.78, 5) is 39.7. The summed E-state index contributed by atoms with van der Waals surface area (Å²) in [6.45, 7) is 1.83. The van der Waals surface area contributed by atoms with Gasteiger partial charge in [-0.15, -0.1) is 0 Å². The number of amides is 1. The molecule has 1 aromatic heterocycles. The number of carbonyl (C=O) groups excluding carboxylic acids is 1. The summed E-state index contributed by atoms with van der Waals surface area (Å²) in [5, 5.41) is 3.17. The highest BCUT2D eigenvalue weighted by Gasteiger charge is 2.25. The lowest BCUT2D eigenvalue weighted by Crippen LogP contribution is -2.43. The van der Waals surface area contributed by atoms with Gasteiger partial charge in [-0.1, -0.05) is 31.9 Å². The van der Waals surface area contributed by atoms with Crippen LogP contribution >= 0.6 is 0 Å². The molecule has 1 fully saturated rings. The van der Waals surface area contributed by atoms with E-state index in [0.29, 0.717) is 28.1 Å². The predicted molar refractivity (Wildman–Crippen MR) is 128 cm³/mol. The molecule has 2 aromatic carbocycles. The van der Waals surface area contributed by atoms with Gasteiger partial charge >= 0.3 is 5.69 Å². The fraction of sp³-hybridized carbons (Fsp3) is 0.400. The van der Waals surface area contributed by atoms with Crippen molar-refractivity contribution in [2.24, 2.45) is 0 Å². The number of ether oxygens (including phenoxy) is 2. The molecule has 174 valence electrons. The van der Waals surface area contributed by atoms with Crippen LogP contribution in [-0.4, -0.2) is 29.3 Å². The molecule has 1 N–H and O–H groups in total. The number of methoxy groups -OCH3 is 2. The van der Waals surface area contributed by atoms with Crippen LogP contribution in [0.15, 0.2) is 46.0 Å². The molecule has 1 aliphatic rings. The van der Waals surface area contributed by atoms with Gasteiger partial charge in [0.2, 0.25) is 5.91 Å². The first-order valence-corrected chi connectivity index (χ1v) is 11.3. The van der Waals surface area contributed by atoms with Gasteiger partial charge in [-0.05, 0) is 43.0 Å². The SMILES string of the molecule is CCc1ccc(NC(=O)Cn2c(=O)n(C3CCCC3)c(=O)c3cc(OC)c(OC)cc32)cc1. The zero-order chi connectivity index (χ0) is 23.5. The summed E-state index contributed by atoms with van der Waals surface area (Å²) in [5.41, 5.74) is 1.31. The lowest BCUT2D eigenvalue weighted by molar-refractivity contribution is -0.116. The van der Waals surface area contributed by atoms with Gasteiger partial charge in [0.1, 0.15) is 6.54 Å². The standard InChI is InChI=1S/C25H29N3O5/c1-4-16-9-11-17(12-10-16)26-23(29)15-27-20-14-22(33-3)21(32-2)13-19(20)24(30)28(25(27)31)18-7-5-6-8-18/h9-14,18H,4-8,15H2,1-3H3,(H,26,29). The average Bonchev–Trinajstić information content (AvgIpc) is 3.36. The molecule has 4 rings (SSSR count). The molecule has 33 heavy (non-hydrogen) atoms. The first kappa shape index (κ1) is 22.6. The first-order valence-electron chi connectivity index (χ1n) is 11.3. The van der Waals surface area contributed by atoms with E-state index in [4.69, 9.17) is 9.47 Å². The van der Waals surface area contributed by atoms with Crippen molar-refractivity contribution in [3.63, 3.8) is 0 Å². The molecule has 1 heterocycles. The summed E-state index contributed by atoms with van der Waals surface area (Å²) >= 11 is 0. The fourth-order valence-corrected chi connectivity index (χ4v) is 4.52. The molecule has 1 saturated carbocycles. The Morgan fingerprint density at radius 1 is 1.03 bits per heavy atom. The molecule has 0 aliphatic heterocycles. The van der Waals surface area contributed by atoms with Crippen molar-refractivity contribution in [1.82, 2.24) is 9.13 Å². The fourth-order valence-electron chi connectivity index (χ4n) is 4.52. The number of fused-ring (bicyclic) bond motifs is 1. The van der Waals surface area contributed by atoms with Crippen LogP contribution in [0.3, 0.4) is 0 Å². The maximum Gasteiger partial charge on any atom is 0.332 e. The summed E-state index contributed by atoms with van der Waals surface area (Å²) in [7, 11) is 2.98. The van der Waals surface area contributed by atoms with Gasteiger partial charge in [0.25, 0.3) is 5.56 Å². The quantitative estimate of drug-likeness (QED) is 0.594. The third kappa shape index (κ3) is 4.37. The molecule has 0 radical (unpaired) electrons. The molecule has 0 unspecified atom stereocenters. The third-order valence-corrected chi connectivity index (χ3v) is 6.32. The van der Waals surface area contributed by atoms with Gasteiger partial charge in [-0.25, -0.2) is 4.79 Å². The van der Waals surface area contributed by atoms with Crippen LogP contribution in [-0.2, 0) is 17.8 Å². The van der Waals surface area contributed by atoms with Gasteiger partial charge in [0.15, 0.2) is 11.5 Å². The highest BCUT2D eigenvalue weighted by atomic mass is 16.5. The number of nitrogens with zero attached hydrogens (tertiary/aromatic N) is 2. The van der Waals surface area contributed by atoms with E-state index in [-0.39, 0.29) is 24.1 Å². The van der Waals surface area contributed by atoms with Crippen molar-refractivity contribution < 1.29 is 14.3 Å². The number of aromatic nitrogens is 2. The maximum absolute atomic E-state index is 13.5. The van der Waals surface area contributed by atoms with Crippen molar-refractivity contribution in [1.29, 1.82) is 0 Å². The Morgan fingerprint density at radius 3 is 2.27 bits per heavy atom. The van der Waals surface area contributed by atoms with Crippen molar-refractivity contribution >= 4 is 22.5 Å². The van der Waals surface area contributed by atoms with E-state index in [2.05, 4.69) is 12.2 Å². The number of nitrogens with one attached hydrogen (secondary N) is 1. The minimum Gasteiger partial charge on any atom is -0.493 e. The molecule has 8 heteroatoms. The van der Waals surface area contributed by atoms with E-state index < -0.39 is 5.69 Å². The Bertz CT molecular complexity index is 1280. The number of hydrogen-bond acceptors (Lipinski definition) is 5. The summed E-state index contributed by atoms with van der Waals surface area (Å²) in [6.07, 6.45) is 4.38. The van der Waals surface area contributed by atoms with Gasteiger partial charge in [-0.2, -0.15) is 0 Å². The minimum atomic E-state index is -0.483. The van der Waals surface area contributed by atoms with Crippen molar-refractivity contribution in [3.8, 4) is 11.5 Å². The van der Waals surface area contributed by atoms with Crippen LogP contribution in [0, 0.1) is 0 Å². The number of anilines is 1. The molecule has 0 spiro atoms. The second-order valence-electron chi connectivity index (χ2n) is 8.31. The maximum atomic E-state index is 13.5. The van der Waals surface area contributed by atoms with E-state index in [1.807, 2.05) is 24.3 Å². The van der Waals surface area contributed by atoms with Crippen LogP contribution in [0.4, 0.5) is 5.69 Å². The van der Waals surface area contributed by atoms with Gasteiger partial charge < -0.3 is 14.8 Å². The molecule has 0 atom stereocenters. The van der Waals surface area contributed by atoms with E-state index in [0.717, 1.165) is 32.1 Å². The van der Waals surface area contributed by atoms with Gasteiger partial charge in [-0.3, -0.25) is 18.7 Å². The van der Waals surface area contributed by atoms with Crippen LogP contribution in [0.1, 0.15) is 44.2 Å². The number of carbonyl (C=O) groups is 1. The van der Waals surface area contributed by atoms with Crippen LogP contribution in [0.5, 0.6) is 11.5 Å². The first-order chi connectivity index (χ1) is 16.0. The molecular formula is C25H29N3O5. The van der Waals surface area contributed by atoms with E-state index in [9.17, 15) is 14.4 Å². The normalized spacial score (nSPS) is 13.9. The summed E-state index contributed by atoms with van der Waals surface area (Å²) in [5.74, 6) is 0.423. The summed E-state index contributed by atoms with van der Waals surface area (Å²) < 4.78 is 13.4. The van der Waals surface area contributed by atoms with Crippen molar-refractivity contribution in [2.75, 3.05) is 19.5 Å². The minimum absolute atomic E-state index is 0.168. The van der Waals surface area contributed by atoms with Crippen LogP contribution < -0.4 is 26.0 Å². The molecular weight excluding hydrogens is 422 g/mol. The zero-order valence-electron chi connectivity index (χ0n) is 19.2. The van der Waals surface area contributed by atoms with Crippen LogP contribution in [0.25, 0.3) is 10.9 Å². The summed E-state index contributed by atoms with van der Waals surface area (Å²) in [6, 6.07) is 10.6. The predicted octanol–water partition coefficient (Wildman–Crippen LogP) is 3.50. The molecule has 0 saturated heterocycles. The molecule has 8 nitrogen and oxygen atoms in total. The van der Waals surface area contributed by atoms with Crippen LogP contribution in [0.2, 0.25) is 0 Å². The monoisotopic (exact) mass is 451 g/mol. The van der Waals surface area contributed by atoms with E-state index in [1.54, 1.807) is 12.1 Å². The number of hydrogen-bond donors (Lipinski definition) is 1. The Hall–Kier alpha value is -3.55. The third-order valence-electron chi connectivity index (χ3n) is 6.32. The van der Waals surface area contributed by atoms with E-state index >= 15 is 0 Å². The smallest absolute Gasteiger partial charge is 0.332 e. The van der Waals surface area contributed by atoms with Gasteiger partial charge in [0.05, 0.1) is 25.1 Å². The molecule has 1 amide bonds. The highest BCUT2D eigenvalue weighted by molar-refractivity contribution is 5.92. The Kier molecular flexibility index (Phi) is 6.53. The Balaban J connectivity index is 1.81. The molecule has 1 aliphatic carbocycles. The van der Waals surface area contributed by atoms with Crippen molar-refractivity contribution in [2.45, 2.75) is 51.6 Å². The highest BCUT2D eigenvalue weighted by Crippen LogP contribution is 2.32. The number of benzene rings is 2. The van der Waals surface area contributed by atoms with Gasteiger partial charge in [0, 0.05) is 17.8 Å². The zero-order valence-corrected chi connectivity index (χ0v) is 19.2. The number of aryl methyl sites for hydroxylation is 1. The second kappa shape index (κ2) is 9.52. The Morgan fingerprint density at radius 2 is 1.67 bits per heavy atom. The van der Waals surface area contributed by atoms with E-state index in [1.165, 1.54) is 28.9 Å². The topological polar surface area (TPSA) is 91.6 Å². The molecule has 3 aromatic rings.